The van der Waals surface area contributed by atoms with Gasteiger partial charge in [-0.3, -0.25) is 4.79 Å². The number of hydrogen-bond acceptors (Lipinski definition) is 2. The fourth-order valence-electron chi connectivity index (χ4n) is 4.90. The average molecular weight is 326 g/mol. The van der Waals surface area contributed by atoms with Gasteiger partial charge in [0.05, 0.1) is 12.0 Å². The minimum absolute atomic E-state index is 0.189. The lowest BCUT2D eigenvalue weighted by Gasteiger charge is -2.28. The van der Waals surface area contributed by atoms with E-state index in [1.165, 1.54) is 74.7 Å². The topological polar surface area (TPSA) is 23.6 Å². The summed E-state index contributed by atoms with van der Waals surface area (Å²) in [5.74, 6) is 0.539. The Morgan fingerprint density at radius 3 is 2.54 bits per heavy atom. The molecule has 2 atom stereocenters. The van der Waals surface area contributed by atoms with E-state index in [0.717, 1.165) is 13.0 Å². The second-order valence-corrected chi connectivity index (χ2v) is 7.99. The van der Waals surface area contributed by atoms with E-state index in [0.29, 0.717) is 5.91 Å². The largest absolute Gasteiger partial charge is 0.338 e. The summed E-state index contributed by atoms with van der Waals surface area (Å²) in [7, 11) is 2.00. The normalized spacial score (nSPS) is 28.2. The third kappa shape index (κ3) is 3.11. The van der Waals surface area contributed by atoms with Crippen LogP contribution in [0.4, 0.5) is 0 Å². The lowest BCUT2D eigenvalue weighted by Crippen LogP contribution is -2.36. The third-order valence-corrected chi connectivity index (χ3v) is 6.36. The van der Waals surface area contributed by atoms with Crippen molar-refractivity contribution in [1.29, 1.82) is 0 Å². The molecule has 1 aliphatic carbocycles. The van der Waals surface area contributed by atoms with Gasteiger partial charge in [0.1, 0.15) is 0 Å². The lowest BCUT2D eigenvalue weighted by molar-refractivity contribution is -0.131. The maximum Gasteiger partial charge on any atom is 0.227 e. The summed E-state index contributed by atoms with van der Waals surface area (Å²) in [5, 5.41) is 0. The highest BCUT2D eigenvalue weighted by Crippen LogP contribution is 2.37. The van der Waals surface area contributed by atoms with Crippen molar-refractivity contribution in [1.82, 2.24) is 9.80 Å². The second kappa shape index (κ2) is 6.87. The molecule has 1 amide bonds. The molecule has 2 unspecified atom stereocenters. The van der Waals surface area contributed by atoms with Gasteiger partial charge in [0.25, 0.3) is 0 Å². The first kappa shape index (κ1) is 16.1. The number of nitrogens with zero attached hydrogens (tertiary/aromatic N) is 2. The Morgan fingerprint density at radius 1 is 1.00 bits per heavy atom. The molecule has 130 valence electrons. The highest BCUT2D eigenvalue weighted by Gasteiger charge is 2.38. The zero-order valence-electron chi connectivity index (χ0n) is 15.0. The molecule has 3 heteroatoms. The van der Waals surface area contributed by atoms with Crippen LogP contribution in [-0.2, 0) is 17.6 Å². The number of hydrogen-bond donors (Lipinski definition) is 0. The van der Waals surface area contributed by atoms with E-state index in [2.05, 4.69) is 23.1 Å². The van der Waals surface area contributed by atoms with Crippen LogP contribution in [0.1, 0.15) is 61.3 Å². The van der Waals surface area contributed by atoms with Gasteiger partial charge in [-0.05, 0) is 74.7 Å². The number of aryl methyl sites for hydroxylation is 2. The predicted octanol–water partition coefficient (Wildman–Crippen LogP) is 3.57. The van der Waals surface area contributed by atoms with Crippen LogP contribution in [0.15, 0.2) is 18.2 Å². The quantitative estimate of drug-likeness (QED) is 0.848. The minimum Gasteiger partial charge on any atom is -0.338 e. The van der Waals surface area contributed by atoms with E-state index in [9.17, 15) is 4.79 Å². The number of amides is 1. The van der Waals surface area contributed by atoms with E-state index in [-0.39, 0.29) is 12.0 Å². The van der Waals surface area contributed by atoms with Crippen molar-refractivity contribution in [3.63, 3.8) is 0 Å². The van der Waals surface area contributed by atoms with Crippen molar-refractivity contribution >= 4 is 5.91 Å². The highest BCUT2D eigenvalue weighted by molar-refractivity contribution is 5.81. The maximum atomic E-state index is 12.8. The van der Waals surface area contributed by atoms with Crippen LogP contribution in [0.2, 0.25) is 0 Å². The Hall–Kier alpha value is -1.35. The Bertz CT molecular complexity index is 606. The first-order valence-corrected chi connectivity index (χ1v) is 9.83. The van der Waals surface area contributed by atoms with Gasteiger partial charge < -0.3 is 9.80 Å². The smallest absolute Gasteiger partial charge is 0.227 e. The van der Waals surface area contributed by atoms with E-state index in [1.807, 2.05) is 11.9 Å². The number of likely N-dealkylation sites (tertiary alicyclic amines) is 2. The minimum atomic E-state index is 0.189. The Balaban J connectivity index is 1.48. The first-order chi connectivity index (χ1) is 11.7. The second-order valence-electron chi connectivity index (χ2n) is 7.99. The van der Waals surface area contributed by atoms with Crippen LogP contribution in [0.25, 0.3) is 0 Å². The van der Waals surface area contributed by atoms with Crippen molar-refractivity contribution in [3.8, 4) is 0 Å². The molecular weight excluding hydrogens is 296 g/mol. The van der Waals surface area contributed by atoms with Gasteiger partial charge in [0.15, 0.2) is 0 Å². The molecule has 0 radical (unpaired) electrons. The van der Waals surface area contributed by atoms with Crippen molar-refractivity contribution in [3.05, 3.63) is 34.9 Å². The molecule has 0 N–H and O–H groups in total. The number of carbonyl (C=O) groups excluding carboxylic acids is 1. The van der Waals surface area contributed by atoms with Gasteiger partial charge in [-0.2, -0.15) is 0 Å². The SMILES string of the molecule is CN1C(=O)C(CN2CCCCC2)CC1c1ccc2c(c1)CCCC2. The fraction of sp³-hybridized carbons (Fsp3) is 0.667. The molecule has 2 fully saturated rings. The molecule has 1 aromatic carbocycles. The van der Waals surface area contributed by atoms with Crippen LogP contribution in [0.5, 0.6) is 0 Å². The Labute approximate surface area is 146 Å². The molecule has 1 aromatic rings. The van der Waals surface area contributed by atoms with Gasteiger partial charge in [0, 0.05) is 13.6 Å². The molecule has 0 bridgehead atoms. The van der Waals surface area contributed by atoms with E-state index < -0.39 is 0 Å². The summed E-state index contributed by atoms with van der Waals surface area (Å²) in [5.41, 5.74) is 4.41. The number of rotatable bonds is 3. The predicted molar refractivity (Wildman–Crippen MR) is 97.0 cm³/mol. The molecule has 3 nitrogen and oxygen atoms in total. The molecule has 24 heavy (non-hydrogen) atoms. The Morgan fingerprint density at radius 2 is 1.75 bits per heavy atom. The molecule has 3 aliphatic rings. The monoisotopic (exact) mass is 326 g/mol. The lowest BCUT2D eigenvalue weighted by atomic mass is 9.88. The van der Waals surface area contributed by atoms with Gasteiger partial charge >= 0.3 is 0 Å². The van der Waals surface area contributed by atoms with Crippen LogP contribution in [0.3, 0.4) is 0 Å². The fourth-order valence-corrected chi connectivity index (χ4v) is 4.90. The average Bonchev–Trinajstić information content (AvgIpc) is 2.91. The summed E-state index contributed by atoms with van der Waals surface area (Å²) < 4.78 is 0. The van der Waals surface area contributed by atoms with Gasteiger partial charge in [-0.15, -0.1) is 0 Å². The number of piperidine rings is 1. The molecule has 4 rings (SSSR count). The molecule has 0 saturated carbocycles. The zero-order valence-corrected chi connectivity index (χ0v) is 15.0. The molecule has 0 aromatic heterocycles. The highest BCUT2D eigenvalue weighted by atomic mass is 16.2. The summed E-state index contributed by atoms with van der Waals surface area (Å²) in [4.78, 5) is 17.3. The molecule has 2 heterocycles. The summed E-state index contributed by atoms with van der Waals surface area (Å²) in [6.45, 7) is 3.32. The standard InChI is InChI=1S/C21H30N2O/c1-22-20(18-10-9-16-7-3-4-8-17(16)13-18)14-19(21(22)24)15-23-11-5-2-6-12-23/h9-10,13,19-20H,2-8,11-12,14-15H2,1H3. The molecule has 2 saturated heterocycles. The Kier molecular flexibility index (Phi) is 4.62. The van der Waals surface area contributed by atoms with Crippen LogP contribution < -0.4 is 0 Å². The van der Waals surface area contributed by atoms with Gasteiger partial charge in [-0.1, -0.05) is 24.6 Å². The van der Waals surface area contributed by atoms with Crippen LogP contribution >= 0.6 is 0 Å². The summed E-state index contributed by atoms with van der Waals surface area (Å²) in [6, 6.07) is 7.27. The van der Waals surface area contributed by atoms with E-state index in [1.54, 1.807) is 0 Å². The molecule has 2 aliphatic heterocycles. The van der Waals surface area contributed by atoms with E-state index in [4.69, 9.17) is 0 Å². The summed E-state index contributed by atoms with van der Waals surface area (Å²) >= 11 is 0. The zero-order chi connectivity index (χ0) is 16.5. The number of benzene rings is 1. The van der Waals surface area contributed by atoms with Gasteiger partial charge in [0.2, 0.25) is 5.91 Å². The van der Waals surface area contributed by atoms with Crippen LogP contribution in [0, 0.1) is 5.92 Å². The van der Waals surface area contributed by atoms with Crippen molar-refractivity contribution in [2.75, 3.05) is 26.7 Å². The van der Waals surface area contributed by atoms with Gasteiger partial charge in [-0.25, -0.2) is 0 Å². The van der Waals surface area contributed by atoms with Crippen molar-refractivity contribution < 1.29 is 4.79 Å². The number of fused-ring (bicyclic) bond motifs is 1. The van der Waals surface area contributed by atoms with E-state index >= 15 is 0 Å². The van der Waals surface area contributed by atoms with Crippen LogP contribution in [-0.4, -0.2) is 42.4 Å². The summed E-state index contributed by atoms with van der Waals surface area (Å²) in [6.07, 6.45) is 10.0. The van der Waals surface area contributed by atoms with Crippen molar-refractivity contribution in [2.24, 2.45) is 5.92 Å². The van der Waals surface area contributed by atoms with Crippen molar-refractivity contribution in [2.45, 2.75) is 57.4 Å². The maximum absolute atomic E-state index is 12.8. The third-order valence-electron chi connectivity index (χ3n) is 6.36. The first-order valence-electron chi connectivity index (χ1n) is 9.83. The number of carbonyl (C=O) groups is 1. The molecule has 0 spiro atoms. The molecular formula is C21H30N2O.